The van der Waals surface area contributed by atoms with E-state index in [2.05, 4.69) is 29.6 Å². The summed E-state index contributed by atoms with van der Waals surface area (Å²) in [5, 5.41) is 3.66. The predicted molar refractivity (Wildman–Crippen MR) is 89.4 cm³/mol. The summed E-state index contributed by atoms with van der Waals surface area (Å²) in [6, 6.07) is 16.9. The first-order valence-electron chi connectivity index (χ1n) is 7.95. The van der Waals surface area contributed by atoms with Crippen molar-refractivity contribution in [3.05, 3.63) is 59.7 Å². The molecule has 0 radical (unpaired) electrons. The van der Waals surface area contributed by atoms with Gasteiger partial charge in [-0.2, -0.15) is 0 Å². The monoisotopic (exact) mass is 308 g/mol. The number of amides is 1. The highest BCUT2D eigenvalue weighted by molar-refractivity contribution is 5.76. The molecule has 0 aromatic heterocycles. The lowest BCUT2D eigenvalue weighted by Crippen LogP contribution is -2.57. The van der Waals surface area contributed by atoms with E-state index < -0.39 is 0 Å². The van der Waals surface area contributed by atoms with Crippen molar-refractivity contribution in [1.29, 1.82) is 0 Å². The molecule has 4 nitrogen and oxygen atoms in total. The molecule has 4 heteroatoms. The van der Waals surface area contributed by atoms with Crippen molar-refractivity contribution in [3.63, 3.8) is 0 Å². The van der Waals surface area contributed by atoms with E-state index in [4.69, 9.17) is 4.74 Å². The Balaban J connectivity index is 1.72. The maximum absolute atomic E-state index is 11.9. The van der Waals surface area contributed by atoms with Crippen molar-refractivity contribution in [3.8, 4) is 5.75 Å². The van der Waals surface area contributed by atoms with Gasteiger partial charge in [-0.15, -0.1) is 0 Å². The Bertz CT molecular complexity index is 741. The van der Waals surface area contributed by atoms with Crippen LogP contribution in [0.3, 0.4) is 0 Å². The fourth-order valence-corrected chi connectivity index (χ4v) is 3.85. The number of rotatable bonds is 2. The Morgan fingerprint density at radius 1 is 1.17 bits per heavy atom. The summed E-state index contributed by atoms with van der Waals surface area (Å²) in [5.74, 6) is 1.42. The van der Waals surface area contributed by atoms with Gasteiger partial charge in [-0.05, 0) is 29.3 Å². The zero-order chi connectivity index (χ0) is 16.0. The topological polar surface area (TPSA) is 41.6 Å². The maximum atomic E-state index is 11.9. The zero-order valence-electron chi connectivity index (χ0n) is 13.3. The number of carbonyl (C=O) groups excluding carboxylic acids is 1. The van der Waals surface area contributed by atoms with Crippen LogP contribution in [0.2, 0.25) is 0 Å². The smallest absolute Gasteiger partial charge is 0.219 e. The van der Waals surface area contributed by atoms with Crippen molar-refractivity contribution in [2.24, 2.45) is 5.92 Å². The summed E-state index contributed by atoms with van der Waals surface area (Å²) in [4.78, 5) is 13.9. The normalized spacial score (nSPS) is 24.8. The van der Waals surface area contributed by atoms with E-state index in [1.54, 1.807) is 14.0 Å². The molecule has 0 spiro atoms. The highest BCUT2D eigenvalue weighted by atomic mass is 16.5. The standard InChI is InChI=1S/C19H20N2O2/c1-12(22)21-11-16-18(13-7-9-14(23-2)10-8-13)20-17-6-4-3-5-15(17)19(16)21/h3-10,16,18-20H,11H2,1-2H3/t16-,18-,19+/m0/s1. The summed E-state index contributed by atoms with van der Waals surface area (Å²) in [6.45, 7) is 2.46. The van der Waals surface area contributed by atoms with Gasteiger partial charge in [0, 0.05) is 25.1 Å². The molecule has 118 valence electrons. The molecule has 2 aliphatic rings. The Kier molecular flexibility index (Phi) is 3.26. The number of hydrogen-bond donors (Lipinski definition) is 1. The van der Waals surface area contributed by atoms with Crippen LogP contribution in [-0.4, -0.2) is 24.5 Å². The molecule has 1 amide bonds. The van der Waals surface area contributed by atoms with E-state index in [1.165, 1.54) is 11.1 Å². The van der Waals surface area contributed by atoms with Crippen molar-refractivity contribution in [1.82, 2.24) is 4.90 Å². The van der Waals surface area contributed by atoms with Crippen LogP contribution in [0, 0.1) is 5.92 Å². The molecule has 3 atom stereocenters. The van der Waals surface area contributed by atoms with Crippen LogP contribution in [-0.2, 0) is 4.79 Å². The summed E-state index contributed by atoms with van der Waals surface area (Å²) in [6.07, 6.45) is 0. The summed E-state index contributed by atoms with van der Waals surface area (Å²) in [5.41, 5.74) is 3.59. The summed E-state index contributed by atoms with van der Waals surface area (Å²) >= 11 is 0. The average Bonchev–Trinajstić information content (AvgIpc) is 2.54. The fourth-order valence-electron chi connectivity index (χ4n) is 3.85. The molecule has 2 aromatic rings. The lowest BCUT2D eigenvalue weighted by Gasteiger charge is -2.54. The predicted octanol–water partition coefficient (Wildman–Crippen LogP) is 3.38. The fraction of sp³-hybridized carbons (Fsp3) is 0.316. The van der Waals surface area contributed by atoms with Gasteiger partial charge in [0.25, 0.3) is 0 Å². The van der Waals surface area contributed by atoms with E-state index in [-0.39, 0.29) is 18.0 Å². The third-order valence-corrected chi connectivity index (χ3v) is 5.05. The number of carbonyl (C=O) groups is 1. The van der Waals surface area contributed by atoms with Crippen LogP contribution in [0.25, 0.3) is 0 Å². The minimum atomic E-state index is 0.149. The minimum Gasteiger partial charge on any atom is -0.497 e. The molecule has 23 heavy (non-hydrogen) atoms. The third-order valence-electron chi connectivity index (χ3n) is 5.05. The minimum absolute atomic E-state index is 0.149. The van der Waals surface area contributed by atoms with Gasteiger partial charge in [-0.1, -0.05) is 30.3 Å². The largest absolute Gasteiger partial charge is 0.497 e. The molecule has 0 saturated carbocycles. The Hall–Kier alpha value is -2.49. The molecular weight excluding hydrogens is 288 g/mol. The van der Waals surface area contributed by atoms with E-state index >= 15 is 0 Å². The second kappa shape index (κ2) is 5.30. The Morgan fingerprint density at radius 2 is 1.91 bits per heavy atom. The molecule has 2 aromatic carbocycles. The van der Waals surface area contributed by atoms with Gasteiger partial charge in [-0.25, -0.2) is 0 Å². The number of ether oxygens (including phenoxy) is 1. The zero-order valence-corrected chi connectivity index (χ0v) is 13.3. The van der Waals surface area contributed by atoms with E-state index in [0.717, 1.165) is 18.0 Å². The first-order chi connectivity index (χ1) is 11.2. The number of methoxy groups -OCH3 is 1. The molecule has 1 saturated heterocycles. The highest BCUT2D eigenvalue weighted by Crippen LogP contribution is 2.52. The van der Waals surface area contributed by atoms with Crippen molar-refractivity contribution in [2.45, 2.75) is 19.0 Å². The molecule has 4 rings (SSSR count). The Morgan fingerprint density at radius 3 is 2.61 bits per heavy atom. The van der Waals surface area contributed by atoms with Gasteiger partial charge in [0.15, 0.2) is 0 Å². The van der Waals surface area contributed by atoms with Gasteiger partial charge in [0.05, 0.1) is 19.2 Å². The van der Waals surface area contributed by atoms with Crippen molar-refractivity contribution < 1.29 is 9.53 Å². The number of para-hydroxylation sites is 1. The van der Waals surface area contributed by atoms with Gasteiger partial charge in [0.2, 0.25) is 5.91 Å². The molecular formula is C19H20N2O2. The van der Waals surface area contributed by atoms with Crippen LogP contribution in [0.5, 0.6) is 5.75 Å². The lowest BCUT2D eigenvalue weighted by molar-refractivity contribution is -0.143. The van der Waals surface area contributed by atoms with Gasteiger partial charge < -0.3 is 15.0 Å². The number of likely N-dealkylation sites (tertiary alicyclic amines) is 1. The van der Waals surface area contributed by atoms with Crippen LogP contribution >= 0.6 is 0 Å². The highest BCUT2D eigenvalue weighted by Gasteiger charge is 2.49. The number of nitrogens with zero attached hydrogens (tertiary/aromatic N) is 1. The third kappa shape index (κ3) is 2.17. The van der Waals surface area contributed by atoms with Gasteiger partial charge >= 0.3 is 0 Å². The molecule has 0 unspecified atom stereocenters. The van der Waals surface area contributed by atoms with Crippen molar-refractivity contribution in [2.75, 3.05) is 19.0 Å². The average molecular weight is 308 g/mol. The van der Waals surface area contributed by atoms with E-state index in [1.807, 2.05) is 29.2 Å². The van der Waals surface area contributed by atoms with Gasteiger partial charge in [0.1, 0.15) is 5.75 Å². The second-order valence-electron chi connectivity index (χ2n) is 6.26. The van der Waals surface area contributed by atoms with E-state index in [0.29, 0.717) is 5.92 Å². The van der Waals surface area contributed by atoms with Crippen LogP contribution in [0.1, 0.15) is 30.1 Å². The van der Waals surface area contributed by atoms with Gasteiger partial charge in [-0.3, -0.25) is 4.79 Å². The molecule has 2 heterocycles. The first kappa shape index (κ1) is 14.1. The lowest BCUT2D eigenvalue weighted by atomic mass is 9.73. The molecule has 0 bridgehead atoms. The number of hydrogen-bond acceptors (Lipinski definition) is 3. The number of nitrogens with one attached hydrogen (secondary N) is 1. The quantitative estimate of drug-likeness (QED) is 0.924. The Labute approximate surface area is 136 Å². The number of benzene rings is 2. The maximum Gasteiger partial charge on any atom is 0.219 e. The van der Waals surface area contributed by atoms with Crippen LogP contribution in [0.15, 0.2) is 48.5 Å². The summed E-state index contributed by atoms with van der Waals surface area (Å²) in [7, 11) is 1.68. The van der Waals surface area contributed by atoms with Crippen molar-refractivity contribution >= 4 is 11.6 Å². The number of anilines is 1. The SMILES string of the molecule is COc1ccc([C@@H]2Nc3ccccc3[C@@H]3[C@H]2CN3C(C)=O)cc1. The van der Waals surface area contributed by atoms with Crippen LogP contribution < -0.4 is 10.1 Å². The van der Waals surface area contributed by atoms with E-state index in [9.17, 15) is 4.79 Å². The van der Waals surface area contributed by atoms with Crippen LogP contribution in [0.4, 0.5) is 5.69 Å². The molecule has 0 aliphatic carbocycles. The number of fused-ring (bicyclic) bond motifs is 3. The second-order valence-corrected chi connectivity index (χ2v) is 6.26. The molecule has 1 N–H and O–H groups in total. The first-order valence-corrected chi connectivity index (χ1v) is 7.95. The molecule has 2 aliphatic heterocycles. The summed E-state index contributed by atoms with van der Waals surface area (Å²) < 4.78 is 5.25. The molecule has 1 fully saturated rings.